The van der Waals surface area contributed by atoms with Crippen molar-refractivity contribution >= 4 is 11.8 Å². The Hall–Kier alpha value is -2.09. The van der Waals surface area contributed by atoms with E-state index in [2.05, 4.69) is 5.32 Å². The minimum Gasteiger partial charge on any atom is -0.385 e. The van der Waals surface area contributed by atoms with Gasteiger partial charge in [0.2, 0.25) is 11.8 Å². The summed E-state index contributed by atoms with van der Waals surface area (Å²) in [5.41, 5.74) is -0.346. The van der Waals surface area contributed by atoms with Crippen LogP contribution in [0.2, 0.25) is 0 Å². The van der Waals surface area contributed by atoms with Crippen molar-refractivity contribution in [1.82, 2.24) is 10.2 Å². The van der Waals surface area contributed by atoms with Crippen molar-refractivity contribution in [3.8, 4) is 0 Å². The maximum absolute atomic E-state index is 12.8. The zero-order chi connectivity index (χ0) is 19.2. The SMILES string of the molecule is COCCCCNC(=O)C1CC(=O)N(Cc2cccc(C(F)(F)F)c2)C1. The number of ether oxygens (including phenoxy) is 1. The van der Waals surface area contributed by atoms with Crippen LogP contribution >= 0.6 is 0 Å². The van der Waals surface area contributed by atoms with E-state index in [4.69, 9.17) is 4.74 Å². The second-order valence-corrected chi connectivity index (χ2v) is 6.36. The molecule has 5 nitrogen and oxygen atoms in total. The number of methoxy groups -OCH3 is 1. The molecule has 0 aromatic heterocycles. The molecule has 1 aromatic rings. The average Bonchev–Trinajstić information content (AvgIpc) is 2.95. The fourth-order valence-electron chi connectivity index (χ4n) is 2.89. The third kappa shape index (κ3) is 5.72. The fraction of sp³-hybridized carbons (Fsp3) is 0.556. The number of amides is 2. The molecule has 26 heavy (non-hydrogen) atoms. The van der Waals surface area contributed by atoms with E-state index in [0.717, 1.165) is 25.0 Å². The normalized spacial score (nSPS) is 17.6. The van der Waals surface area contributed by atoms with E-state index < -0.39 is 17.7 Å². The summed E-state index contributed by atoms with van der Waals surface area (Å²) >= 11 is 0. The van der Waals surface area contributed by atoms with Crippen LogP contribution in [-0.2, 0) is 27.0 Å². The topological polar surface area (TPSA) is 58.6 Å². The molecule has 1 unspecified atom stereocenters. The standard InChI is InChI=1S/C18H23F3N2O3/c1-26-8-3-2-7-22-17(25)14-10-16(24)23(12-14)11-13-5-4-6-15(9-13)18(19,20)21/h4-6,9,14H,2-3,7-8,10-12H2,1H3,(H,22,25). The zero-order valence-electron chi connectivity index (χ0n) is 14.6. The summed E-state index contributed by atoms with van der Waals surface area (Å²) in [5, 5.41) is 2.80. The largest absolute Gasteiger partial charge is 0.416 e. The van der Waals surface area contributed by atoms with Gasteiger partial charge in [-0.05, 0) is 30.5 Å². The maximum atomic E-state index is 12.8. The third-order valence-corrected chi connectivity index (χ3v) is 4.29. The molecule has 8 heteroatoms. The maximum Gasteiger partial charge on any atom is 0.416 e. The Morgan fingerprint density at radius 2 is 2.12 bits per heavy atom. The minimum atomic E-state index is -4.42. The summed E-state index contributed by atoms with van der Waals surface area (Å²) in [6, 6.07) is 4.90. The monoisotopic (exact) mass is 372 g/mol. The number of unbranched alkanes of at least 4 members (excludes halogenated alkanes) is 1. The van der Waals surface area contributed by atoms with Crippen LogP contribution in [0.5, 0.6) is 0 Å². The summed E-state index contributed by atoms with van der Waals surface area (Å²) in [4.78, 5) is 25.7. The van der Waals surface area contributed by atoms with Crippen LogP contribution in [0.4, 0.5) is 13.2 Å². The van der Waals surface area contributed by atoms with Crippen LogP contribution in [0.15, 0.2) is 24.3 Å². The van der Waals surface area contributed by atoms with Crippen molar-refractivity contribution in [3.05, 3.63) is 35.4 Å². The summed E-state index contributed by atoms with van der Waals surface area (Å²) in [5.74, 6) is -0.875. The van der Waals surface area contributed by atoms with Gasteiger partial charge < -0.3 is 15.0 Å². The number of rotatable bonds is 8. The quantitative estimate of drug-likeness (QED) is 0.714. The van der Waals surface area contributed by atoms with Crippen molar-refractivity contribution in [2.75, 3.05) is 26.8 Å². The lowest BCUT2D eigenvalue weighted by Gasteiger charge is -2.17. The molecule has 0 radical (unpaired) electrons. The van der Waals surface area contributed by atoms with Gasteiger partial charge in [-0.2, -0.15) is 13.2 Å². The summed E-state index contributed by atoms with van der Waals surface area (Å²) in [6.45, 7) is 1.43. The predicted molar refractivity (Wildman–Crippen MR) is 89.1 cm³/mol. The van der Waals surface area contributed by atoms with Gasteiger partial charge in [-0.15, -0.1) is 0 Å². The minimum absolute atomic E-state index is 0.0698. The predicted octanol–water partition coefficient (Wildman–Crippen LogP) is 2.60. The van der Waals surface area contributed by atoms with Gasteiger partial charge in [0.15, 0.2) is 0 Å². The van der Waals surface area contributed by atoms with E-state index in [1.54, 1.807) is 13.2 Å². The van der Waals surface area contributed by atoms with Crippen LogP contribution < -0.4 is 5.32 Å². The molecule has 2 rings (SSSR count). The van der Waals surface area contributed by atoms with Crippen LogP contribution in [0.25, 0.3) is 0 Å². The number of carbonyl (C=O) groups is 2. The molecule has 1 aliphatic rings. The molecule has 0 aliphatic carbocycles. The number of carbonyl (C=O) groups excluding carboxylic acids is 2. The lowest BCUT2D eigenvalue weighted by Crippen LogP contribution is -2.33. The highest BCUT2D eigenvalue weighted by molar-refractivity contribution is 5.89. The van der Waals surface area contributed by atoms with Gasteiger partial charge >= 0.3 is 6.18 Å². The molecule has 0 saturated carbocycles. The lowest BCUT2D eigenvalue weighted by atomic mass is 10.1. The Morgan fingerprint density at radius 1 is 1.35 bits per heavy atom. The van der Waals surface area contributed by atoms with Gasteiger partial charge in [0.05, 0.1) is 11.5 Å². The number of hydrogen-bond donors (Lipinski definition) is 1. The first-order valence-corrected chi connectivity index (χ1v) is 8.52. The van der Waals surface area contributed by atoms with E-state index in [1.807, 2.05) is 0 Å². The van der Waals surface area contributed by atoms with Crippen LogP contribution in [0.1, 0.15) is 30.4 Å². The molecule has 1 aromatic carbocycles. The summed E-state index contributed by atoms with van der Waals surface area (Å²) in [6.07, 6.45) is -2.71. The highest BCUT2D eigenvalue weighted by Crippen LogP contribution is 2.30. The molecule has 1 aliphatic heterocycles. The van der Waals surface area contributed by atoms with Gasteiger partial charge in [-0.25, -0.2) is 0 Å². The van der Waals surface area contributed by atoms with Gasteiger partial charge in [0.25, 0.3) is 0 Å². The number of likely N-dealkylation sites (tertiary alicyclic amines) is 1. The molecule has 1 atom stereocenters. The highest BCUT2D eigenvalue weighted by atomic mass is 19.4. The van der Waals surface area contributed by atoms with Crippen LogP contribution in [0, 0.1) is 5.92 Å². The molecule has 2 amide bonds. The van der Waals surface area contributed by atoms with Crippen molar-refractivity contribution in [3.63, 3.8) is 0 Å². The Bertz CT molecular complexity index is 634. The van der Waals surface area contributed by atoms with E-state index >= 15 is 0 Å². The van der Waals surface area contributed by atoms with Gasteiger partial charge in [0, 0.05) is 39.8 Å². The summed E-state index contributed by atoms with van der Waals surface area (Å²) in [7, 11) is 1.61. The first kappa shape index (κ1) is 20.2. The number of hydrogen-bond acceptors (Lipinski definition) is 3. The third-order valence-electron chi connectivity index (χ3n) is 4.29. The molecule has 1 saturated heterocycles. The molecule has 0 bridgehead atoms. The number of halogens is 3. The molecule has 144 valence electrons. The number of alkyl halides is 3. The highest BCUT2D eigenvalue weighted by Gasteiger charge is 2.35. The van der Waals surface area contributed by atoms with Gasteiger partial charge in [-0.3, -0.25) is 9.59 Å². The number of nitrogens with zero attached hydrogens (tertiary/aromatic N) is 1. The van der Waals surface area contributed by atoms with Gasteiger partial charge in [0.1, 0.15) is 0 Å². The number of nitrogens with one attached hydrogen (secondary N) is 1. The fourth-order valence-corrected chi connectivity index (χ4v) is 2.89. The molecule has 1 heterocycles. The van der Waals surface area contributed by atoms with E-state index in [1.165, 1.54) is 11.0 Å². The molecular formula is C18H23F3N2O3. The Balaban J connectivity index is 1.87. The molecule has 1 N–H and O–H groups in total. The average molecular weight is 372 g/mol. The van der Waals surface area contributed by atoms with E-state index in [-0.39, 0.29) is 31.3 Å². The van der Waals surface area contributed by atoms with Crippen molar-refractivity contribution in [2.24, 2.45) is 5.92 Å². The molecule has 0 spiro atoms. The van der Waals surface area contributed by atoms with Crippen molar-refractivity contribution in [2.45, 2.75) is 32.0 Å². The Labute approximate surface area is 150 Å². The Morgan fingerprint density at radius 3 is 2.81 bits per heavy atom. The smallest absolute Gasteiger partial charge is 0.385 e. The molecule has 1 fully saturated rings. The number of benzene rings is 1. The second kappa shape index (κ2) is 9.02. The first-order chi connectivity index (χ1) is 12.3. The second-order valence-electron chi connectivity index (χ2n) is 6.36. The first-order valence-electron chi connectivity index (χ1n) is 8.52. The lowest BCUT2D eigenvalue weighted by molar-refractivity contribution is -0.137. The zero-order valence-corrected chi connectivity index (χ0v) is 14.6. The van der Waals surface area contributed by atoms with E-state index in [9.17, 15) is 22.8 Å². The van der Waals surface area contributed by atoms with Crippen molar-refractivity contribution in [1.29, 1.82) is 0 Å². The Kier molecular flexibility index (Phi) is 7.02. The van der Waals surface area contributed by atoms with Crippen molar-refractivity contribution < 1.29 is 27.5 Å². The molecular weight excluding hydrogens is 349 g/mol. The van der Waals surface area contributed by atoms with Crippen LogP contribution in [0.3, 0.4) is 0 Å². The van der Waals surface area contributed by atoms with Gasteiger partial charge in [-0.1, -0.05) is 12.1 Å². The van der Waals surface area contributed by atoms with Crippen LogP contribution in [-0.4, -0.2) is 43.5 Å². The van der Waals surface area contributed by atoms with E-state index in [0.29, 0.717) is 18.7 Å². The summed E-state index contributed by atoms with van der Waals surface area (Å²) < 4.78 is 43.3.